The highest BCUT2D eigenvalue weighted by Gasteiger charge is 2.08. The number of nitrogens with zero attached hydrogens (tertiary/aromatic N) is 1. The van der Waals surface area contributed by atoms with E-state index in [0.29, 0.717) is 11.3 Å². The Hall–Kier alpha value is -1.05. The van der Waals surface area contributed by atoms with Crippen LogP contribution in [0, 0.1) is 6.92 Å². The summed E-state index contributed by atoms with van der Waals surface area (Å²) in [6.07, 6.45) is 1.53. The quantitative estimate of drug-likeness (QED) is 0.762. The summed E-state index contributed by atoms with van der Waals surface area (Å²) < 4.78 is 18.4. The molecule has 0 amide bonds. The van der Waals surface area contributed by atoms with Crippen LogP contribution < -0.4 is 10.5 Å². The van der Waals surface area contributed by atoms with Crippen LogP contribution in [0.15, 0.2) is 12.3 Å². The van der Waals surface area contributed by atoms with E-state index in [4.69, 9.17) is 18.0 Å². The summed E-state index contributed by atoms with van der Waals surface area (Å²) in [5, 5.41) is 0. The molecule has 1 aromatic rings. The standard InChI is InChI=1S/C8H11N3O2S2/c1-5-3-7(11-15(12)13-2)6(4-10-5)8(9)14/h3-4H,1-2H3,(H2,9,14)(H,10,11). The van der Waals surface area contributed by atoms with Crippen LogP contribution >= 0.6 is 12.2 Å². The molecule has 1 unspecified atom stereocenters. The van der Waals surface area contributed by atoms with Crippen LogP contribution in [0.5, 0.6) is 0 Å². The maximum Gasteiger partial charge on any atom is 0.261 e. The Labute approximate surface area is 95.8 Å². The van der Waals surface area contributed by atoms with Crippen molar-refractivity contribution in [2.75, 3.05) is 11.8 Å². The van der Waals surface area contributed by atoms with E-state index in [1.807, 2.05) is 6.92 Å². The second kappa shape index (κ2) is 5.15. The fourth-order valence-corrected chi connectivity index (χ4v) is 1.57. The molecule has 0 aliphatic rings. The maximum atomic E-state index is 11.1. The minimum Gasteiger partial charge on any atom is -0.389 e. The number of nitrogens with two attached hydrogens (primary N) is 1. The second-order valence-electron chi connectivity index (χ2n) is 2.74. The Morgan fingerprint density at radius 3 is 2.93 bits per heavy atom. The van der Waals surface area contributed by atoms with Crippen molar-refractivity contribution in [1.82, 2.24) is 4.98 Å². The molecule has 7 heteroatoms. The predicted molar refractivity (Wildman–Crippen MR) is 63.6 cm³/mol. The Morgan fingerprint density at radius 1 is 1.73 bits per heavy atom. The van der Waals surface area contributed by atoms with Gasteiger partial charge < -0.3 is 5.73 Å². The van der Waals surface area contributed by atoms with E-state index in [1.165, 1.54) is 13.3 Å². The molecular weight excluding hydrogens is 234 g/mol. The van der Waals surface area contributed by atoms with Crippen LogP contribution in [0.25, 0.3) is 0 Å². The van der Waals surface area contributed by atoms with E-state index in [2.05, 4.69) is 13.9 Å². The van der Waals surface area contributed by atoms with Crippen LogP contribution in [0.4, 0.5) is 5.69 Å². The number of nitrogens with one attached hydrogen (secondary N) is 1. The van der Waals surface area contributed by atoms with E-state index in [9.17, 15) is 4.21 Å². The second-order valence-corrected chi connectivity index (χ2v) is 4.19. The molecule has 1 heterocycles. The third-order valence-corrected chi connectivity index (χ3v) is 2.56. The zero-order valence-electron chi connectivity index (χ0n) is 8.31. The minimum absolute atomic E-state index is 0.193. The summed E-state index contributed by atoms with van der Waals surface area (Å²) >= 11 is 3.23. The number of rotatable bonds is 4. The topological polar surface area (TPSA) is 77.2 Å². The van der Waals surface area contributed by atoms with Crippen LogP contribution in [0.2, 0.25) is 0 Å². The van der Waals surface area contributed by atoms with Gasteiger partial charge in [0.25, 0.3) is 11.3 Å². The van der Waals surface area contributed by atoms with Crippen molar-refractivity contribution in [3.8, 4) is 0 Å². The van der Waals surface area contributed by atoms with Crippen LogP contribution in [0.1, 0.15) is 11.3 Å². The zero-order chi connectivity index (χ0) is 11.4. The molecule has 5 nitrogen and oxygen atoms in total. The summed E-state index contributed by atoms with van der Waals surface area (Å²) in [5.41, 5.74) is 7.36. The van der Waals surface area contributed by atoms with Crippen molar-refractivity contribution < 1.29 is 8.39 Å². The summed E-state index contributed by atoms with van der Waals surface area (Å²) in [7, 11) is 1.33. The van der Waals surface area contributed by atoms with Crippen LogP contribution in [-0.2, 0) is 15.4 Å². The molecule has 0 aliphatic heterocycles. The van der Waals surface area contributed by atoms with Gasteiger partial charge in [0.05, 0.1) is 18.4 Å². The van der Waals surface area contributed by atoms with E-state index in [-0.39, 0.29) is 4.99 Å². The number of aryl methyl sites for hydroxylation is 1. The van der Waals surface area contributed by atoms with Gasteiger partial charge in [0.2, 0.25) is 0 Å². The maximum absolute atomic E-state index is 11.1. The van der Waals surface area contributed by atoms with Crippen molar-refractivity contribution in [3.63, 3.8) is 0 Å². The molecule has 0 spiro atoms. The van der Waals surface area contributed by atoms with Gasteiger partial charge in [-0.1, -0.05) is 12.2 Å². The molecular formula is C8H11N3O2S2. The lowest BCUT2D eigenvalue weighted by atomic mass is 10.2. The number of hydrogen-bond acceptors (Lipinski definition) is 4. The van der Waals surface area contributed by atoms with Crippen LogP contribution in [0.3, 0.4) is 0 Å². The Bertz CT molecular complexity index is 409. The number of anilines is 1. The first kappa shape index (κ1) is 12.0. The fraction of sp³-hybridized carbons (Fsp3) is 0.250. The van der Waals surface area contributed by atoms with Crippen molar-refractivity contribution in [1.29, 1.82) is 0 Å². The Balaban J connectivity index is 3.07. The zero-order valence-corrected chi connectivity index (χ0v) is 9.95. The largest absolute Gasteiger partial charge is 0.389 e. The van der Waals surface area contributed by atoms with Gasteiger partial charge in [-0.15, -0.1) is 0 Å². The van der Waals surface area contributed by atoms with Crippen molar-refractivity contribution >= 4 is 34.2 Å². The molecule has 1 atom stereocenters. The van der Waals surface area contributed by atoms with Crippen LogP contribution in [-0.4, -0.2) is 21.3 Å². The Morgan fingerprint density at radius 2 is 2.40 bits per heavy atom. The molecule has 0 bridgehead atoms. The first-order chi connectivity index (χ1) is 7.04. The number of pyridine rings is 1. The minimum atomic E-state index is -1.61. The molecule has 0 aromatic carbocycles. The average molecular weight is 245 g/mol. The first-order valence-electron chi connectivity index (χ1n) is 4.04. The molecule has 1 aromatic heterocycles. The molecule has 0 aliphatic carbocycles. The molecule has 0 saturated heterocycles. The molecule has 0 radical (unpaired) electrons. The lowest BCUT2D eigenvalue weighted by molar-refractivity contribution is 0.449. The third-order valence-electron chi connectivity index (χ3n) is 1.65. The molecule has 15 heavy (non-hydrogen) atoms. The predicted octanol–water partition coefficient (Wildman–Crippen LogP) is 0.661. The number of hydrogen-bond donors (Lipinski definition) is 2. The fourth-order valence-electron chi connectivity index (χ4n) is 0.972. The summed E-state index contributed by atoms with van der Waals surface area (Å²) in [6, 6.07) is 1.70. The average Bonchev–Trinajstić information content (AvgIpc) is 2.17. The number of aromatic nitrogens is 1. The van der Waals surface area contributed by atoms with Gasteiger partial charge in [0, 0.05) is 11.9 Å². The van der Waals surface area contributed by atoms with Gasteiger partial charge in [-0.05, 0) is 13.0 Å². The number of thiocarbonyl (C=S) groups is 1. The first-order valence-corrected chi connectivity index (χ1v) is 5.52. The van der Waals surface area contributed by atoms with E-state index in [0.717, 1.165) is 5.69 Å². The third kappa shape index (κ3) is 3.22. The monoisotopic (exact) mass is 245 g/mol. The van der Waals surface area contributed by atoms with Crippen molar-refractivity contribution in [3.05, 3.63) is 23.5 Å². The van der Waals surface area contributed by atoms with Crippen molar-refractivity contribution in [2.24, 2.45) is 5.73 Å². The van der Waals surface area contributed by atoms with Gasteiger partial charge in [-0.3, -0.25) is 13.9 Å². The van der Waals surface area contributed by atoms with Gasteiger partial charge in [0.1, 0.15) is 4.99 Å². The molecule has 1 rings (SSSR count). The van der Waals surface area contributed by atoms with E-state index >= 15 is 0 Å². The highest BCUT2D eigenvalue weighted by molar-refractivity contribution is 7.81. The summed E-state index contributed by atoms with van der Waals surface area (Å²) in [4.78, 5) is 4.24. The highest BCUT2D eigenvalue weighted by atomic mass is 32.2. The van der Waals surface area contributed by atoms with Gasteiger partial charge >= 0.3 is 0 Å². The Kier molecular flexibility index (Phi) is 4.13. The normalized spacial score (nSPS) is 12.1. The molecule has 82 valence electrons. The van der Waals surface area contributed by atoms with Gasteiger partial charge in [-0.25, -0.2) is 4.21 Å². The molecule has 0 saturated carbocycles. The SMILES string of the molecule is COS(=O)Nc1cc(C)ncc1C(N)=S. The van der Waals surface area contributed by atoms with Crippen molar-refractivity contribution in [2.45, 2.75) is 6.92 Å². The summed E-state index contributed by atoms with van der Waals surface area (Å²) in [6.45, 7) is 1.81. The van der Waals surface area contributed by atoms with E-state index in [1.54, 1.807) is 6.07 Å². The highest BCUT2D eigenvalue weighted by Crippen LogP contribution is 2.16. The lowest BCUT2D eigenvalue weighted by Crippen LogP contribution is -2.15. The molecule has 0 fully saturated rings. The van der Waals surface area contributed by atoms with Gasteiger partial charge in [-0.2, -0.15) is 0 Å². The lowest BCUT2D eigenvalue weighted by Gasteiger charge is -2.09. The molecule has 3 N–H and O–H groups in total. The summed E-state index contributed by atoms with van der Waals surface area (Å²) in [5.74, 6) is 0. The smallest absolute Gasteiger partial charge is 0.261 e. The van der Waals surface area contributed by atoms with Gasteiger partial charge in [0.15, 0.2) is 0 Å². The van der Waals surface area contributed by atoms with E-state index < -0.39 is 11.3 Å².